The normalized spacial score (nSPS) is 19.0. The van der Waals surface area contributed by atoms with Gasteiger partial charge in [-0.1, -0.05) is 6.07 Å². The van der Waals surface area contributed by atoms with Crippen LogP contribution in [0.1, 0.15) is 29.3 Å². The van der Waals surface area contributed by atoms with Crippen LogP contribution in [0.4, 0.5) is 8.78 Å². The Morgan fingerprint density at radius 1 is 1.26 bits per heavy atom. The molecule has 1 aliphatic heterocycles. The number of aromatic nitrogens is 2. The summed E-state index contributed by atoms with van der Waals surface area (Å²) in [6.45, 7) is 5.28. The van der Waals surface area contributed by atoms with Gasteiger partial charge in [0.15, 0.2) is 11.6 Å². The van der Waals surface area contributed by atoms with Gasteiger partial charge in [-0.25, -0.2) is 8.78 Å². The molecule has 2 atom stereocenters. The Hall–Kier alpha value is -1.70. The van der Waals surface area contributed by atoms with Crippen LogP contribution in [0.15, 0.2) is 24.3 Å². The minimum absolute atomic E-state index is 0. The lowest BCUT2D eigenvalue weighted by molar-refractivity contribution is -0.122. The first-order chi connectivity index (χ1) is 11.9. The van der Waals surface area contributed by atoms with Crippen LogP contribution in [-0.4, -0.2) is 34.8 Å². The molecule has 0 radical (unpaired) electrons. The molecule has 2 N–H and O–H groups in total. The Morgan fingerprint density at radius 2 is 2.00 bits per heavy atom. The van der Waals surface area contributed by atoms with Crippen LogP contribution in [0.3, 0.4) is 0 Å². The number of piperidine rings is 1. The first kappa shape index (κ1) is 23.3. The van der Waals surface area contributed by atoms with Crippen LogP contribution in [0.2, 0.25) is 0 Å². The second kappa shape index (κ2) is 10.0. The number of carbonyl (C=O) groups excluding carboxylic acids is 1. The van der Waals surface area contributed by atoms with Crippen molar-refractivity contribution in [2.75, 3.05) is 13.1 Å². The van der Waals surface area contributed by atoms with E-state index in [1.165, 1.54) is 6.07 Å². The molecule has 1 aliphatic rings. The van der Waals surface area contributed by atoms with E-state index in [1.54, 1.807) is 10.7 Å². The Balaban J connectivity index is 0.00000182. The lowest BCUT2D eigenvalue weighted by Gasteiger charge is -2.33. The topological polar surface area (TPSA) is 59.0 Å². The van der Waals surface area contributed by atoms with Gasteiger partial charge in [-0.2, -0.15) is 5.10 Å². The summed E-state index contributed by atoms with van der Waals surface area (Å²) in [5, 5.41) is 10.5. The molecule has 0 bridgehead atoms. The third kappa shape index (κ3) is 5.64. The van der Waals surface area contributed by atoms with Gasteiger partial charge in [-0.3, -0.25) is 9.48 Å². The third-order valence-electron chi connectivity index (χ3n) is 4.60. The highest BCUT2D eigenvalue weighted by Crippen LogP contribution is 2.27. The van der Waals surface area contributed by atoms with Gasteiger partial charge in [0.1, 0.15) is 6.54 Å². The quantitative estimate of drug-likeness (QED) is 0.799. The van der Waals surface area contributed by atoms with Crippen molar-refractivity contribution < 1.29 is 13.6 Å². The minimum Gasteiger partial charge on any atom is -0.350 e. The first-order valence-electron chi connectivity index (χ1n) is 8.40. The largest absolute Gasteiger partial charge is 0.350 e. The molecule has 3 rings (SSSR count). The standard InChI is InChI=1S/C18H22F2N4O.2ClH/c1-11-7-12(2)24(23-11)10-18(25)22-17-9-21-6-5-14(17)13-3-4-15(19)16(20)8-13;;/h3-4,7-8,14,17,21H,5-6,9-10H2,1-2H3,(H,22,25);2*1H. The number of carbonyl (C=O) groups is 1. The number of hydrogen-bond donors (Lipinski definition) is 2. The van der Waals surface area contributed by atoms with Gasteiger partial charge >= 0.3 is 0 Å². The van der Waals surface area contributed by atoms with Crippen molar-refractivity contribution in [2.45, 2.75) is 38.8 Å². The molecular formula is C18H24Cl2F2N4O. The second-order valence-corrected chi connectivity index (χ2v) is 6.53. The van der Waals surface area contributed by atoms with Gasteiger partial charge in [0.05, 0.1) is 5.69 Å². The number of aryl methyl sites for hydroxylation is 2. The molecule has 1 fully saturated rings. The van der Waals surface area contributed by atoms with E-state index in [9.17, 15) is 13.6 Å². The summed E-state index contributed by atoms with van der Waals surface area (Å²) in [6, 6.07) is 5.70. The number of hydrogen-bond acceptors (Lipinski definition) is 3. The number of halogens is 4. The lowest BCUT2D eigenvalue weighted by atomic mass is 9.86. The third-order valence-corrected chi connectivity index (χ3v) is 4.60. The average Bonchev–Trinajstić information content (AvgIpc) is 2.88. The predicted octanol–water partition coefficient (Wildman–Crippen LogP) is 2.88. The van der Waals surface area contributed by atoms with Gasteiger partial charge in [0.2, 0.25) is 5.91 Å². The minimum atomic E-state index is -0.859. The second-order valence-electron chi connectivity index (χ2n) is 6.53. The monoisotopic (exact) mass is 420 g/mol. The average molecular weight is 421 g/mol. The SMILES string of the molecule is Cc1cc(C)n(CC(=O)NC2CNCCC2c2ccc(F)c(F)c2)n1.Cl.Cl. The fourth-order valence-corrected chi connectivity index (χ4v) is 3.38. The maximum absolute atomic E-state index is 13.6. The van der Waals surface area contributed by atoms with E-state index < -0.39 is 11.6 Å². The first-order valence-corrected chi connectivity index (χ1v) is 8.40. The van der Waals surface area contributed by atoms with Crippen LogP contribution in [0, 0.1) is 25.5 Å². The van der Waals surface area contributed by atoms with Crippen molar-refractivity contribution in [3.8, 4) is 0 Å². The predicted molar refractivity (Wildman–Crippen MR) is 105 cm³/mol. The highest BCUT2D eigenvalue weighted by atomic mass is 35.5. The van der Waals surface area contributed by atoms with Crippen LogP contribution >= 0.6 is 24.8 Å². The molecule has 150 valence electrons. The van der Waals surface area contributed by atoms with Crippen molar-refractivity contribution in [3.63, 3.8) is 0 Å². The van der Waals surface area contributed by atoms with Crippen molar-refractivity contribution in [1.82, 2.24) is 20.4 Å². The molecular weight excluding hydrogens is 397 g/mol. The van der Waals surface area contributed by atoms with Crippen LogP contribution < -0.4 is 10.6 Å². The zero-order valence-corrected chi connectivity index (χ0v) is 16.8. The molecule has 1 amide bonds. The molecule has 5 nitrogen and oxygen atoms in total. The molecule has 1 saturated heterocycles. The molecule has 27 heavy (non-hydrogen) atoms. The molecule has 1 aromatic heterocycles. The summed E-state index contributed by atoms with van der Waals surface area (Å²) in [7, 11) is 0. The lowest BCUT2D eigenvalue weighted by Crippen LogP contribution is -2.50. The molecule has 9 heteroatoms. The highest BCUT2D eigenvalue weighted by molar-refractivity contribution is 5.85. The molecule has 0 spiro atoms. The zero-order chi connectivity index (χ0) is 18.0. The highest BCUT2D eigenvalue weighted by Gasteiger charge is 2.28. The van der Waals surface area contributed by atoms with E-state index >= 15 is 0 Å². The van der Waals surface area contributed by atoms with E-state index in [-0.39, 0.29) is 49.2 Å². The Morgan fingerprint density at radius 3 is 2.63 bits per heavy atom. The maximum atomic E-state index is 13.6. The zero-order valence-electron chi connectivity index (χ0n) is 15.2. The number of nitrogens with one attached hydrogen (secondary N) is 2. The fraction of sp³-hybridized carbons (Fsp3) is 0.444. The number of rotatable bonds is 4. The molecule has 1 aromatic carbocycles. The molecule has 2 aromatic rings. The van der Waals surface area contributed by atoms with Gasteiger partial charge in [0.25, 0.3) is 0 Å². The van der Waals surface area contributed by atoms with Crippen molar-refractivity contribution in [2.24, 2.45) is 0 Å². The van der Waals surface area contributed by atoms with E-state index in [2.05, 4.69) is 15.7 Å². The van der Waals surface area contributed by atoms with Gasteiger partial charge in [-0.15, -0.1) is 24.8 Å². The van der Waals surface area contributed by atoms with Gasteiger partial charge in [0, 0.05) is 24.2 Å². The fourth-order valence-electron chi connectivity index (χ4n) is 3.38. The van der Waals surface area contributed by atoms with Crippen molar-refractivity contribution >= 4 is 30.7 Å². The molecule has 0 saturated carbocycles. The van der Waals surface area contributed by atoms with Crippen molar-refractivity contribution in [3.05, 3.63) is 52.9 Å². The van der Waals surface area contributed by atoms with E-state index in [1.807, 2.05) is 19.9 Å². The van der Waals surface area contributed by atoms with E-state index in [0.29, 0.717) is 12.1 Å². The van der Waals surface area contributed by atoms with E-state index in [0.717, 1.165) is 30.4 Å². The number of amides is 1. The van der Waals surface area contributed by atoms with Crippen LogP contribution in [-0.2, 0) is 11.3 Å². The Kier molecular flexibility index (Phi) is 8.65. The van der Waals surface area contributed by atoms with Gasteiger partial charge < -0.3 is 10.6 Å². The summed E-state index contributed by atoms with van der Waals surface area (Å²) in [5.41, 5.74) is 2.49. The summed E-state index contributed by atoms with van der Waals surface area (Å²) in [4.78, 5) is 12.4. The van der Waals surface area contributed by atoms with Crippen LogP contribution in [0.5, 0.6) is 0 Å². The summed E-state index contributed by atoms with van der Waals surface area (Å²) in [6.07, 6.45) is 0.746. The molecule has 2 unspecified atom stereocenters. The molecule has 2 heterocycles. The summed E-state index contributed by atoms with van der Waals surface area (Å²) < 4.78 is 28.4. The number of nitrogens with zero attached hydrogens (tertiary/aromatic N) is 2. The van der Waals surface area contributed by atoms with Gasteiger partial charge in [-0.05, 0) is 50.6 Å². The summed E-state index contributed by atoms with van der Waals surface area (Å²) >= 11 is 0. The maximum Gasteiger partial charge on any atom is 0.242 e. The Labute approximate surface area is 169 Å². The summed E-state index contributed by atoms with van der Waals surface area (Å²) in [5.74, 6) is -1.92. The Bertz CT molecular complexity index is 785. The van der Waals surface area contributed by atoms with Crippen LogP contribution in [0.25, 0.3) is 0 Å². The smallest absolute Gasteiger partial charge is 0.242 e. The number of benzene rings is 1. The van der Waals surface area contributed by atoms with Crippen molar-refractivity contribution in [1.29, 1.82) is 0 Å². The van der Waals surface area contributed by atoms with E-state index in [4.69, 9.17) is 0 Å². The molecule has 0 aliphatic carbocycles.